The molecule has 6 nitrogen and oxygen atoms in total. The van der Waals surface area contributed by atoms with E-state index in [9.17, 15) is 4.79 Å². The van der Waals surface area contributed by atoms with Gasteiger partial charge in [0.1, 0.15) is 5.52 Å². The highest BCUT2D eigenvalue weighted by atomic mass is 16.5. The highest BCUT2D eigenvalue weighted by Gasteiger charge is 2.41. The van der Waals surface area contributed by atoms with E-state index in [0.717, 1.165) is 30.4 Å². The van der Waals surface area contributed by atoms with E-state index in [-0.39, 0.29) is 18.1 Å². The summed E-state index contributed by atoms with van der Waals surface area (Å²) >= 11 is 0. The molecule has 2 aromatic rings. The lowest BCUT2D eigenvalue weighted by Gasteiger charge is -2.19. The summed E-state index contributed by atoms with van der Waals surface area (Å²) < 4.78 is 7.98. The number of ether oxygens (including phenoxy) is 1. The monoisotopic (exact) mass is 326 g/mol. The molecule has 1 saturated carbocycles. The first-order valence-corrected chi connectivity index (χ1v) is 9.07. The number of hydrogen-bond acceptors (Lipinski definition) is 4. The Balaban J connectivity index is 1.36. The highest BCUT2D eigenvalue weighted by Crippen LogP contribution is 2.34. The molecule has 1 aliphatic carbocycles. The van der Waals surface area contributed by atoms with Crippen molar-refractivity contribution in [3.05, 3.63) is 24.2 Å². The van der Waals surface area contributed by atoms with E-state index in [1.807, 2.05) is 12.4 Å². The Kier molecular flexibility index (Phi) is 3.33. The zero-order chi connectivity index (χ0) is 16.1. The Morgan fingerprint density at radius 3 is 2.83 bits per heavy atom. The zero-order valence-electron chi connectivity index (χ0n) is 13.6. The number of rotatable bonds is 3. The van der Waals surface area contributed by atoms with Crippen LogP contribution in [0.5, 0.6) is 0 Å². The van der Waals surface area contributed by atoms with Gasteiger partial charge in [0.15, 0.2) is 5.65 Å². The van der Waals surface area contributed by atoms with Gasteiger partial charge in [-0.3, -0.25) is 4.79 Å². The van der Waals surface area contributed by atoms with Crippen LogP contribution in [-0.4, -0.2) is 38.7 Å². The minimum atomic E-state index is -0.0685. The Bertz CT molecular complexity index is 780. The van der Waals surface area contributed by atoms with Crippen LogP contribution in [0.1, 0.15) is 61.3 Å². The fraction of sp³-hybridized carbons (Fsp3) is 0.611. The molecule has 2 saturated heterocycles. The molecule has 126 valence electrons. The molecule has 0 unspecified atom stereocenters. The molecule has 1 amide bonds. The minimum absolute atomic E-state index is 0.0685. The van der Waals surface area contributed by atoms with Crippen molar-refractivity contribution < 1.29 is 9.53 Å². The second-order valence-electron chi connectivity index (χ2n) is 7.35. The normalized spacial score (nSPS) is 29.6. The van der Waals surface area contributed by atoms with Crippen molar-refractivity contribution in [2.24, 2.45) is 0 Å². The molecule has 6 heteroatoms. The summed E-state index contributed by atoms with van der Waals surface area (Å²) in [6.45, 7) is 0. The van der Waals surface area contributed by atoms with Gasteiger partial charge < -0.3 is 14.6 Å². The van der Waals surface area contributed by atoms with E-state index in [0.29, 0.717) is 17.7 Å². The molecule has 1 N–H and O–H groups in total. The predicted molar refractivity (Wildman–Crippen MR) is 88.8 cm³/mol. The first-order chi connectivity index (χ1) is 11.8. The van der Waals surface area contributed by atoms with E-state index in [4.69, 9.17) is 4.74 Å². The SMILES string of the molecule is O=C(N[C@@H]1C[C@@H]2CC[C@H]1O2)c1cnc2c(c1)ncn2C1CCCC1. The number of nitrogens with zero attached hydrogens (tertiary/aromatic N) is 3. The third kappa shape index (κ3) is 2.32. The van der Waals surface area contributed by atoms with Gasteiger partial charge in [0.2, 0.25) is 0 Å². The van der Waals surface area contributed by atoms with Crippen LogP contribution in [0.2, 0.25) is 0 Å². The number of fused-ring (bicyclic) bond motifs is 3. The van der Waals surface area contributed by atoms with E-state index in [1.165, 1.54) is 25.7 Å². The quantitative estimate of drug-likeness (QED) is 0.941. The fourth-order valence-electron chi connectivity index (χ4n) is 4.53. The van der Waals surface area contributed by atoms with Crippen LogP contribution in [0.15, 0.2) is 18.6 Å². The van der Waals surface area contributed by atoms with Gasteiger partial charge in [-0.05, 0) is 38.2 Å². The predicted octanol–water partition coefficient (Wildman–Crippen LogP) is 2.60. The third-order valence-corrected chi connectivity index (χ3v) is 5.82. The van der Waals surface area contributed by atoms with Crippen molar-refractivity contribution in [2.45, 2.75) is 69.2 Å². The number of aromatic nitrogens is 3. The smallest absolute Gasteiger partial charge is 0.253 e. The largest absolute Gasteiger partial charge is 0.373 e. The maximum absolute atomic E-state index is 12.5. The molecule has 24 heavy (non-hydrogen) atoms. The van der Waals surface area contributed by atoms with E-state index < -0.39 is 0 Å². The van der Waals surface area contributed by atoms with Gasteiger partial charge in [0.05, 0.1) is 30.1 Å². The zero-order valence-corrected chi connectivity index (χ0v) is 13.6. The molecule has 2 bridgehead atoms. The lowest BCUT2D eigenvalue weighted by molar-refractivity contribution is 0.0841. The number of amides is 1. The lowest BCUT2D eigenvalue weighted by Crippen LogP contribution is -2.41. The standard InChI is InChI=1S/C18H22N4O2/c23-18(21-14-8-13-5-6-16(14)24-13)11-7-15-17(19-9-11)22(10-20-15)12-3-1-2-4-12/h7,9-10,12-14,16H,1-6,8H2,(H,21,23)/t13-,14+,16+/m0/s1. The van der Waals surface area contributed by atoms with Gasteiger partial charge in [-0.25, -0.2) is 9.97 Å². The Hall–Kier alpha value is -1.95. The van der Waals surface area contributed by atoms with Crippen LogP contribution in [-0.2, 0) is 4.74 Å². The number of imidazole rings is 1. The average molecular weight is 326 g/mol. The van der Waals surface area contributed by atoms with Crippen LogP contribution in [0, 0.1) is 0 Å². The molecule has 4 heterocycles. The first-order valence-electron chi connectivity index (χ1n) is 9.07. The molecular weight excluding hydrogens is 304 g/mol. The van der Waals surface area contributed by atoms with Crippen LogP contribution in [0.25, 0.3) is 11.2 Å². The van der Waals surface area contributed by atoms with Gasteiger partial charge in [-0.1, -0.05) is 12.8 Å². The van der Waals surface area contributed by atoms with Gasteiger partial charge in [0, 0.05) is 12.2 Å². The molecule has 5 rings (SSSR count). The van der Waals surface area contributed by atoms with Gasteiger partial charge >= 0.3 is 0 Å². The van der Waals surface area contributed by atoms with Crippen LogP contribution in [0.3, 0.4) is 0 Å². The summed E-state index contributed by atoms with van der Waals surface area (Å²) in [6, 6.07) is 2.51. The summed E-state index contributed by atoms with van der Waals surface area (Å²) in [5, 5.41) is 3.11. The molecule has 3 fully saturated rings. The number of pyridine rings is 1. The molecular formula is C18H22N4O2. The second kappa shape index (κ2) is 5.55. The molecule has 0 radical (unpaired) electrons. The summed E-state index contributed by atoms with van der Waals surface area (Å²) in [7, 11) is 0. The van der Waals surface area contributed by atoms with Crippen LogP contribution < -0.4 is 5.32 Å². The van der Waals surface area contributed by atoms with Crippen LogP contribution in [0.4, 0.5) is 0 Å². The third-order valence-electron chi connectivity index (χ3n) is 5.82. The topological polar surface area (TPSA) is 69.0 Å². The maximum atomic E-state index is 12.5. The number of hydrogen-bond donors (Lipinski definition) is 1. The second-order valence-corrected chi connectivity index (χ2v) is 7.35. The molecule has 0 aromatic carbocycles. The summed E-state index contributed by atoms with van der Waals surface area (Å²) in [4.78, 5) is 21.6. The Labute approximate surface area is 140 Å². The van der Waals surface area contributed by atoms with Gasteiger partial charge in [-0.2, -0.15) is 0 Å². The molecule has 3 aliphatic rings. The molecule has 3 atom stereocenters. The van der Waals surface area contributed by atoms with Crippen molar-refractivity contribution in [3.63, 3.8) is 0 Å². The maximum Gasteiger partial charge on any atom is 0.253 e. The minimum Gasteiger partial charge on any atom is -0.373 e. The number of carbonyl (C=O) groups is 1. The van der Waals surface area contributed by atoms with Crippen molar-refractivity contribution in [1.82, 2.24) is 19.9 Å². The summed E-state index contributed by atoms with van der Waals surface area (Å²) in [5.41, 5.74) is 2.28. The number of carbonyl (C=O) groups excluding carboxylic acids is 1. The van der Waals surface area contributed by atoms with Crippen molar-refractivity contribution in [2.75, 3.05) is 0 Å². The molecule has 2 aliphatic heterocycles. The summed E-state index contributed by atoms with van der Waals surface area (Å²) in [6.07, 6.45) is 12.1. The van der Waals surface area contributed by atoms with Gasteiger partial charge in [0.25, 0.3) is 5.91 Å². The summed E-state index contributed by atoms with van der Waals surface area (Å²) in [5.74, 6) is -0.0685. The average Bonchev–Trinajstić information content (AvgIpc) is 3.36. The lowest BCUT2D eigenvalue weighted by atomic mass is 9.95. The van der Waals surface area contributed by atoms with Gasteiger partial charge in [-0.15, -0.1) is 0 Å². The Morgan fingerprint density at radius 1 is 1.21 bits per heavy atom. The molecule has 2 aromatic heterocycles. The van der Waals surface area contributed by atoms with Crippen molar-refractivity contribution in [1.29, 1.82) is 0 Å². The van der Waals surface area contributed by atoms with Crippen molar-refractivity contribution >= 4 is 17.1 Å². The number of nitrogens with one attached hydrogen (secondary N) is 1. The highest BCUT2D eigenvalue weighted by molar-refractivity contribution is 5.96. The Morgan fingerprint density at radius 2 is 2.08 bits per heavy atom. The van der Waals surface area contributed by atoms with Crippen molar-refractivity contribution in [3.8, 4) is 0 Å². The van der Waals surface area contributed by atoms with E-state index >= 15 is 0 Å². The first kappa shape index (κ1) is 14.4. The van der Waals surface area contributed by atoms with E-state index in [1.54, 1.807) is 6.20 Å². The van der Waals surface area contributed by atoms with Crippen LogP contribution >= 0.6 is 0 Å². The fourth-order valence-corrected chi connectivity index (χ4v) is 4.53. The van der Waals surface area contributed by atoms with E-state index in [2.05, 4.69) is 19.9 Å². The molecule has 0 spiro atoms.